The van der Waals surface area contributed by atoms with Crippen LogP contribution in [0.5, 0.6) is 0 Å². The van der Waals surface area contributed by atoms with Crippen molar-refractivity contribution in [1.82, 2.24) is 9.97 Å². The molecule has 1 aromatic heterocycles. The Balaban J connectivity index is 1.71. The average Bonchev–Trinajstić information content (AvgIpc) is 3.15. The Hall–Kier alpha value is -2.43. The molecule has 0 aliphatic heterocycles. The van der Waals surface area contributed by atoms with Crippen LogP contribution in [0.3, 0.4) is 0 Å². The number of amides is 1. The third-order valence-electron chi connectivity index (χ3n) is 4.84. The van der Waals surface area contributed by atoms with E-state index in [4.69, 9.17) is 0 Å². The lowest BCUT2D eigenvalue weighted by molar-refractivity contribution is 0.102. The molecule has 1 fully saturated rings. The highest BCUT2D eigenvalue weighted by atomic mass is 16.1. The number of para-hydroxylation sites is 1. The van der Waals surface area contributed by atoms with Crippen molar-refractivity contribution in [3.63, 3.8) is 0 Å². The minimum Gasteiger partial charge on any atom is -0.351 e. The first-order valence-corrected chi connectivity index (χ1v) is 9.22. The van der Waals surface area contributed by atoms with Crippen molar-refractivity contribution in [2.75, 3.05) is 10.6 Å². The molecule has 1 amide bonds. The molecule has 0 spiro atoms. The van der Waals surface area contributed by atoms with Crippen LogP contribution < -0.4 is 10.6 Å². The highest BCUT2D eigenvalue weighted by Gasteiger charge is 2.16. The van der Waals surface area contributed by atoms with E-state index < -0.39 is 0 Å². The largest absolute Gasteiger partial charge is 0.351 e. The van der Waals surface area contributed by atoms with Crippen molar-refractivity contribution >= 4 is 17.5 Å². The summed E-state index contributed by atoms with van der Waals surface area (Å²) in [6, 6.07) is 6.61. The van der Waals surface area contributed by atoms with Gasteiger partial charge in [0.1, 0.15) is 0 Å². The van der Waals surface area contributed by atoms with Gasteiger partial charge in [-0.3, -0.25) is 4.79 Å². The van der Waals surface area contributed by atoms with E-state index in [0.29, 0.717) is 17.6 Å². The smallest absolute Gasteiger partial charge is 0.258 e. The number of carbonyl (C=O) groups is 1. The molecule has 0 saturated heterocycles. The molecule has 3 rings (SSSR count). The molecule has 0 radical (unpaired) electrons. The van der Waals surface area contributed by atoms with Gasteiger partial charge in [0.25, 0.3) is 5.91 Å². The van der Waals surface area contributed by atoms with Gasteiger partial charge in [0.05, 0.1) is 5.56 Å². The first-order chi connectivity index (χ1) is 12.2. The van der Waals surface area contributed by atoms with E-state index in [1.807, 2.05) is 6.07 Å². The van der Waals surface area contributed by atoms with Gasteiger partial charge < -0.3 is 10.6 Å². The third-order valence-corrected chi connectivity index (χ3v) is 4.84. The summed E-state index contributed by atoms with van der Waals surface area (Å²) >= 11 is 0. The average molecular weight is 338 g/mol. The summed E-state index contributed by atoms with van der Waals surface area (Å²) in [6.07, 6.45) is 9.80. The Labute approximate surface area is 149 Å². The monoisotopic (exact) mass is 338 g/mol. The van der Waals surface area contributed by atoms with Crippen LogP contribution in [-0.4, -0.2) is 21.9 Å². The van der Waals surface area contributed by atoms with Gasteiger partial charge >= 0.3 is 0 Å². The maximum Gasteiger partial charge on any atom is 0.258 e. The zero-order valence-electron chi connectivity index (χ0n) is 15.0. The molecular formula is C20H26N4O. The number of anilines is 2. The molecule has 5 nitrogen and oxygen atoms in total. The number of hydrogen-bond acceptors (Lipinski definition) is 4. The molecule has 0 unspecified atom stereocenters. The Morgan fingerprint density at radius 3 is 2.24 bits per heavy atom. The molecule has 132 valence electrons. The topological polar surface area (TPSA) is 66.9 Å². The number of aromatic nitrogens is 2. The highest BCUT2D eigenvalue weighted by molar-refractivity contribution is 6.04. The predicted molar refractivity (Wildman–Crippen MR) is 101 cm³/mol. The van der Waals surface area contributed by atoms with Gasteiger partial charge in [0.2, 0.25) is 5.95 Å². The summed E-state index contributed by atoms with van der Waals surface area (Å²) in [6.45, 7) is 4.19. The quantitative estimate of drug-likeness (QED) is 0.828. The molecule has 2 N–H and O–H groups in total. The molecule has 0 bridgehead atoms. The van der Waals surface area contributed by atoms with Crippen LogP contribution in [0.4, 0.5) is 11.6 Å². The zero-order chi connectivity index (χ0) is 17.6. The maximum absolute atomic E-state index is 12.6. The number of nitrogens with one attached hydrogen (secondary N) is 2. The fraction of sp³-hybridized carbons (Fsp3) is 0.450. The van der Waals surface area contributed by atoms with E-state index in [9.17, 15) is 4.79 Å². The molecular weight excluding hydrogens is 312 g/mol. The summed E-state index contributed by atoms with van der Waals surface area (Å²) in [7, 11) is 0. The Kier molecular flexibility index (Phi) is 5.64. The molecule has 1 aliphatic rings. The van der Waals surface area contributed by atoms with Gasteiger partial charge in [-0.15, -0.1) is 0 Å². The lowest BCUT2D eigenvalue weighted by atomic mass is 10.0. The van der Waals surface area contributed by atoms with E-state index in [1.165, 1.54) is 25.7 Å². The Bertz CT molecular complexity index is 699. The molecule has 2 aromatic rings. The minimum atomic E-state index is -0.164. The normalized spacial score (nSPS) is 14.5. The number of aryl methyl sites for hydroxylation is 2. The summed E-state index contributed by atoms with van der Waals surface area (Å²) in [5.74, 6) is 0.440. The second kappa shape index (κ2) is 8.10. The van der Waals surface area contributed by atoms with Gasteiger partial charge in [-0.2, -0.15) is 0 Å². The Morgan fingerprint density at radius 1 is 1.08 bits per heavy atom. The maximum atomic E-state index is 12.6. The first kappa shape index (κ1) is 17.4. The molecule has 1 heterocycles. The molecule has 1 saturated carbocycles. The van der Waals surface area contributed by atoms with E-state index >= 15 is 0 Å². The summed E-state index contributed by atoms with van der Waals surface area (Å²) in [5.41, 5.74) is 3.69. The standard InChI is InChI=1S/C20H26N4O/c1-3-14-8-7-9-15(4-2)18(14)24-19(25)16-12-21-20(22-13-16)23-17-10-5-6-11-17/h7-9,12-13,17H,3-6,10-11H2,1-2H3,(H,24,25)(H,21,22,23). The van der Waals surface area contributed by atoms with E-state index in [1.54, 1.807) is 12.4 Å². The summed E-state index contributed by atoms with van der Waals surface area (Å²) in [4.78, 5) is 21.2. The van der Waals surface area contributed by atoms with Crippen molar-refractivity contribution in [3.8, 4) is 0 Å². The van der Waals surface area contributed by atoms with Gasteiger partial charge in [0.15, 0.2) is 0 Å². The van der Waals surface area contributed by atoms with E-state index in [2.05, 4.69) is 46.6 Å². The fourth-order valence-corrected chi connectivity index (χ4v) is 3.36. The van der Waals surface area contributed by atoms with Crippen molar-refractivity contribution in [2.24, 2.45) is 0 Å². The molecule has 25 heavy (non-hydrogen) atoms. The van der Waals surface area contributed by atoms with Crippen molar-refractivity contribution in [2.45, 2.75) is 58.4 Å². The number of nitrogens with zero attached hydrogens (tertiary/aromatic N) is 2. The number of hydrogen-bond donors (Lipinski definition) is 2. The summed E-state index contributed by atoms with van der Waals surface area (Å²) < 4.78 is 0. The number of carbonyl (C=O) groups excluding carboxylic acids is 1. The zero-order valence-corrected chi connectivity index (χ0v) is 15.0. The van der Waals surface area contributed by atoms with Crippen LogP contribution >= 0.6 is 0 Å². The van der Waals surface area contributed by atoms with Crippen molar-refractivity contribution in [1.29, 1.82) is 0 Å². The van der Waals surface area contributed by atoms with E-state index in [-0.39, 0.29) is 5.91 Å². The molecule has 1 aliphatic carbocycles. The van der Waals surface area contributed by atoms with Gasteiger partial charge in [-0.25, -0.2) is 9.97 Å². The number of benzene rings is 1. The number of rotatable bonds is 6. The predicted octanol–water partition coefficient (Wildman–Crippen LogP) is 4.21. The van der Waals surface area contributed by atoms with Crippen LogP contribution in [-0.2, 0) is 12.8 Å². The van der Waals surface area contributed by atoms with Gasteiger partial charge in [-0.1, -0.05) is 44.9 Å². The third kappa shape index (κ3) is 4.16. The highest BCUT2D eigenvalue weighted by Crippen LogP contribution is 2.23. The lowest BCUT2D eigenvalue weighted by Gasteiger charge is -2.15. The van der Waals surface area contributed by atoms with Crippen LogP contribution in [0.15, 0.2) is 30.6 Å². The molecule has 0 atom stereocenters. The second-order valence-electron chi connectivity index (χ2n) is 6.53. The van der Waals surface area contributed by atoms with Crippen LogP contribution in [0.1, 0.15) is 61.0 Å². The Morgan fingerprint density at radius 2 is 1.68 bits per heavy atom. The molecule has 1 aromatic carbocycles. The van der Waals surface area contributed by atoms with Gasteiger partial charge in [-0.05, 0) is 36.8 Å². The summed E-state index contributed by atoms with van der Waals surface area (Å²) in [5, 5.41) is 6.39. The van der Waals surface area contributed by atoms with E-state index in [0.717, 1.165) is 29.7 Å². The fourth-order valence-electron chi connectivity index (χ4n) is 3.36. The van der Waals surface area contributed by atoms with Crippen LogP contribution in [0.25, 0.3) is 0 Å². The van der Waals surface area contributed by atoms with Crippen LogP contribution in [0, 0.1) is 0 Å². The van der Waals surface area contributed by atoms with Crippen molar-refractivity contribution < 1.29 is 4.79 Å². The molecule has 5 heteroatoms. The second-order valence-corrected chi connectivity index (χ2v) is 6.53. The van der Waals surface area contributed by atoms with Crippen LogP contribution in [0.2, 0.25) is 0 Å². The minimum absolute atomic E-state index is 0.164. The van der Waals surface area contributed by atoms with Crippen molar-refractivity contribution in [3.05, 3.63) is 47.3 Å². The lowest BCUT2D eigenvalue weighted by Crippen LogP contribution is -2.18. The SMILES string of the molecule is CCc1cccc(CC)c1NC(=O)c1cnc(NC2CCCC2)nc1. The van der Waals surface area contributed by atoms with Gasteiger partial charge in [0, 0.05) is 24.1 Å². The first-order valence-electron chi connectivity index (χ1n) is 9.22.